The minimum atomic E-state index is 0.597. The lowest BCUT2D eigenvalue weighted by Crippen LogP contribution is -1.92. The number of aromatic amines is 1. The van der Waals surface area contributed by atoms with Crippen molar-refractivity contribution in [2.75, 3.05) is 0 Å². The number of fused-ring (bicyclic) bond motifs is 1. The van der Waals surface area contributed by atoms with Gasteiger partial charge < -0.3 is 4.98 Å². The highest BCUT2D eigenvalue weighted by Crippen LogP contribution is 2.30. The van der Waals surface area contributed by atoms with Crippen LogP contribution in [-0.2, 0) is 0 Å². The summed E-state index contributed by atoms with van der Waals surface area (Å²) in [6.45, 7) is 0. The lowest BCUT2D eigenvalue weighted by Gasteiger charge is -2.00. The molecule has 110 valence electrons. The monoisotopic (exact) mass is 300 g/mol. The van der Waals surface area contributed by atoms with Crippen LogP contribution in [0.5, 0.6) is 0 Å². The number of azide groups is 1. The first kappa shape index (κ1) is 13.2. The van der Waals surface area contributed by atoms with Gasteiger partial charge >= 0.3 is 0 Å². The molecule has 0 saturated carbocycles. The molecule has 4 aromatic rings. The second-order valence-electron chi connectivity index (χ2n) is 5.13. The summed E-state index contributed by atoms with van der Waals surface area (Å²) >= 11 is 0. The molecule has 0 atom stereocenters. The fourth-order valence-corrected chi connectivity index (χ4v) is 2.61. The van der Waals surface area contributed by atoms with Gasteiger partial charge in [-0.2, -0.15) is 5.10 Å². The maximum absolute atomic E-state index is 8.64. The number of hydrogen-bond acceptors (Lipinski definition) is 2. The van der Waals surface area contributed by atoms with Crippen molar-refractivity contribution >= 4 is 16.6 Å². The van der Waals surface area contributed by atoms with E-state index in [2.05, 4.69) is 20.1 Å². The van der Waals surface area contributed by atoms with Crippen LogP contribution in [0.3, 0.4) is 0 Å². The second-order valence-corrected chi connectivity index (χ2v) is 5.13. The first-order valence-electron chi connectivity index (χ1n) is 7.12. The molecular formula is C17H12N6. The highest BCUT2D eigenvalue weighted by atomic mass is 15.3. The van der Waals surface area contributed by atoms with Gasteiger partial charge in [0.15, 0.2) is 0 Å². The van der Waals surface area contributed by atoms with Crippen molar-refractivity contribution in [3.8, 4) is 16.8 Å². The first-order chi connectivity index (χ1) is 11.3. The van der Waals surface area contributed by atoms with Gasteiger partial charge in [-0.3, -0.25) is 0 Å². The van der Waals surface area contributed by atoms with E-state index in [1.807, 2.05) is 65.6 Å². The Labute approximate surface area is 131 Å². The van der Waals surface area contributed by atoms with Crippen molar-refractivity contribution in [2.24, 2.45) is 5.11 Å². The summed E-state index contributed by atoms with van der Waals surface area (Å²) in [5, 5.41) is 9.02. The van der Waals surface area contributed by atoms with Crippen LogP contribution in [-0.4, -0.2) is 14.8 Å². The summed E-state index contributed by atoms with van der Waals surface area (Å²) in [5.41, 5.74) is 13.2. The Morgan fingerprint density at radius 1 is 1.09 bits per heavy atom. The van der Waals surface area contributed by atoms with Crippen molar-refractivity contribution in [1.82, 2.24) is 14.8 Å². The van der Waals surface area contributed by atoms with Crippen LogP contribution in [0.25, 0.3) is 38.2 Å². The third-order valence-corrected chi connectivity index (χ3v) is 3.75. The molecule has 6 heteroatoms. The Kier molecular flexibility index (Phi) is 3.07. The van der Waals surface area contributed by atoms with Gasteiger partial charge in [-0.05, 0) is 35.4 Å². The van der Waals surface area contributed by atoms with Gasteiger partial charge in [0.1, 0.15) is 0 Å². The van der Waals surface area contributed by atoms with E-state index in [0.717, 1.165) is 27.7 Å². The molecule has 0 aliphatic rings. The molecule has 2 heterocycles. The van der Waals surface area contributed by atoms with Gasteiger partial charge in [0.25, 0.3) is 0 Å². The fourth-order valence-electron chi connectivity index (χ4n) is 2.61. The number of benzene rings is 2. The minimum absolute atomic E-state index is 0.597. The number of para-hydroxylation sites is 1. The van der Waals surface area contributed by atoms with Crippen LogP contribution in [0.1, 0.15) is 0 Å². The van der Waals surface area contributed by atoms with Crippen LogP contribution in [0.15, 0.2) is 72.2 Å². The maximum Gasteiger partial charge on any atom is 0.0645 e. The van der Waals surface area contributed by atoms with Crippen LogP contribution in [0, 0.1) is 0 Å². The van der Waals surface area contributed by atoms with Crippen molar-refractivity contribution in [3.05, 3.63) is 77.6 Å². The zero-order chi connectivity index (χ0) is 15.6. The van der Waals surface area contributed by atoms with Gasteiger partial charge in [0, 0.05) is 33.8 Å². The Bertz CT molecular complexity index is 1020. The lowest BCUT2D eigenvalue weighted by molar-refractivity contribution is 0.881. The second kappa shape index (κ2) is 5.36. The van der Waals surface area contributed by atoms with Crippen LogP contribution in [0.4, 0.5) is 5.69 Å². The number of aromatic nitrogens is 3. The molecule has 0 amide bonds. The largest absolute Gasteiger partial charge is 0.361 e. The van der Waals surface area contributed by atoms with Crippen LogP contribution >= 0.6 is 0 Å². The topological polar surface area (TPSA) is 82.4 Å². The molecule has 0 aliphatic carbocycles. The third kappa shape index (κ3) is 2.33. The van der Waals surface area contributed by atoms with Crippen molar-refractivity contribution in [1.29, 1.82) is 0 Å². The Morgan fingerprint density at radius 2 is 1.96 bits per heavy atom. The molecule has 0 spiro atoms. The molecule has 0 fully saturated rings. The van der Waals surface area contributed by atoms with Gasteiger partial charge in [-0.15, -0.1) is 0 Å². The number of nitrogens with zero attached hydrogens (tertiary/aromatic N) is 5. The SMILES string of the molecule is [N-]=[N+]=Nc1c[nH]c2ccc(-c3cnn(-c4ccccc4)c3)cc12. The van der Waals surface area contributed by atoms with E-state index in [1.54, 1.807) is 6.20 Å². The zero-order valence-corrected chi connectivity index (χ0v) is 12.1. The molecule has 6 nitrogen and oxygen atoms in total. The van der Waals surface area contributed by atoms with Crippen LogP contribution in [0.2, 0.25) is 0 Å². The zero-order valence-electron chi connectivity index (χ0n) is 12.1. The number of rotatable bonds is 3. The Balaban J connectivity index is 1.79. The van der Waals surface area contributed by atoms with Crippen LogP contribution < -0.4 is 0 Å². The molecule has 4 rings (SSSR count). The number of hydrogen-bond donors (Lipinski definition) is 1. The lowest BCUT2D eigenvalue weighted by atomic mass is 10.1. The smallest absolute Gasteiger partial charge is 0.0645 e. The molecule has 0 unspecified atom stereocenters. The van der Waals surface area contributed by atoms with E-state index in [-0.39, 0.29) is 0 Å². The maximum atomic E-state index is 8.64. The molecular weight excluding hydrogens is 288 g/mol. The van der Waals surface area contributed by atoms with E-state index < -0.39 is 0 Å². The predicted octanol–water partition coefficient (Wildman–Crippen LogP) is 4.96. The third-order valence-electron chi connectivity index (χ3n) is 3.75. The van der Waals surface area contributed by atoms with Gasteiger partial charge in [0.2, 0.25) is 0 Å². The standard InChI is InChI=1S/C17H12N6/c18-22-21-17-10-19-16-7-6-12(8-15(16)17)13-9-20-23(11-13)14-4-2-1-3-5-14/h1-11,19H. The molecule has 0 saturated heterocycles. The summed E-state index contributed by atoms with van der Waals surface area (Å²) in [6.07, 6.45) is 5.52. The molecule has 1 N–H and O–H groups in total. The fraction of sp³-hybridized carbons (Fsp3) is 0. The van der Waals surface area contributed by atoms with Crippen molar-refractivity contribution in [2.45, 2.75) is 0 Å². The summed E-state index contributed by atoms with van der Waals surface area (Å²) in [6, 6.07) is 15.9. The quantitative estimate of drug-likeness (QED) is 0.323. The highest BCUT2D eigenvalue weighted by molar-refractivity contribution is 5.94. The first-order valence-corrected chi connectivity index (χ1v) is 7.12. The predicted molar refractivity (Wildman–Crippen MR) is 89.7 cm³/mol. The van der Waals surface area contributed by atoms with Crippen molar-refractivity contribution in [3.63, 3.8) is 0 Å². The summed E-state index contributed by atoms with van der Waals surface area (Å²) in [4.78, 5) is 5.96. The van der Waals surface area contributed by atoms with Gasteiger partial charge in [-0.25, -0.2) is 4.68 Å². The van der Waals surface area contributed by atoms with E-state index >= 15 is 0 Å². The summed E-state index contributed by atoms with van der Waals surface area (Å²) in [5.74, 6) is 0. The average Bonchev–Trinajstić information content (AvgIpc) is 3.23. The number of nitrogens with one attached hydrogen (secondary N) is 1. The molecule has 0 bridgehead atoms. The summed E-state index contributed by atoms with van der Waals surface area (Å²) < 4.78 is 1.84. The number of H-pyrrole nitrogens is 1. The molecule has 23 heavy (non-hydrogen) atoms. The Hall–Kier alpha value is -3.50. The van der Waals surface area contributed by atoms with Gasteiger partial charge in [0.05, 0.1) is 17.6 Å². The molecule has 2 aromatic heterocycles. The molecule has 0 radical (unpaired) electrons. The normalized spacial score (nSPS) is 10.6. The van der Waals surface area contributed by atoms with E-state index in [1.165, 1.54) is 0 Å². The van der Waals surface area contributed by atoms with E-state index in [9.17, 15) is 0 Å². The average molecular weight is 300 g/mol. The Morgan fingerprint density at radius 3 is 2.78 bits per heavy atom. The summed E-state index contributed by atoms with van der Waals surface area (Å²) in [7, 11) is 0. The molecule has 0 aliphatic heterocycles. The highest BCUT2D eigenvalue weighted by Gasteiger charge is 2.07. The molecule has 2 aromatic carbocycles. The minimum Gasteiger partial charge on any atom is -0.361 e. The van der Waals surface area contributed by atoms with Gasteiger partial charge in [-0.1, -0.05) is 29.4 Å². The van der Waals surface area contributed by atoms with Crippen molar-refractivity contribution < 1.29 is 0 Å². The van der Waals surface area contributed by atoms with E-state index in [0.29, 0.717) is 5.69 Å². The van der Waals surface area contributed by atoms with E-state index in [4.69, 9.17) is 5.53 Å².